The molecule has 1 unspecified atom stereocenters. The van der Waals surface area contributed by atoms with Gasteiger partial charge in [0, 0.05) is 17.4 Å². The maximum atomic E-state index is 13.9. The highest BCUT2D eigenvalue weighted by molar-refractivity contribution is 9.10. The third kappa shape index (κ3) is 3.06. The molecule has 1 aliphatic heterocycles. The van der Waals surface area contributed by atoms with E-state index < -0.39 is 0 Å². The number of fused-ring (bicyclic) bond motifs is 1. The van der Waals surface area contributed by atoms with Crippen LogP contribution in [0.3, 0.4) is 0 Å². The van der Waals surface area contributed by atoms with Gasteiger partial charge in [0.05, 0.1) is 6.04 Å². The SMILES string of the molecule is O=C(Cc1ccc(Br)cc1F)C1NCCc2ccccc21. The Hall–Kier alpha value is -1.52. The first kappa shape index (κ1) is 14.4. The molecule has 0 fully saturated rings. The van der Waals surface area contributed by atoms with Gasteiger partial charge < -0.3 is 5.32 Å². The van der Waals surface area contributed by atoms with Crippen molar-refractivity contribution in [2.24, 2.45) is 0 Å². The minimum Gasteiger partial charge on any atom is -0.303 e. The van der Waals surface area contributed by atoms with Crippen LogP contribution in [0.25, 0.3) is 0 Å². The molecule has 4 heteroatoms. The van der Waals surface area contributed by atoms with Crippen LogP contribution in [-0.4, -0.2) is 12.3 Å². The highest BCUT2D eigenvalue weighted by atomic mass is 79.9. The van der Waals surface area contributed by atoms with E-state index in [1.807, 2.05) is 18.2 Å². The summed E-state index contributed by atoms with van der Waals surface area (Å²) in [5, 5.41) is 3.24. The summed E-state index contributed by atoms with van der Waals surface area (Å²) >= 11 is 3.22. The number of carbonyl (C=O) groups is 1. The van der Waals surface area contributed by atoms with Crippen molar-refractivity contribution < 1.29 is 9.18 Å². The fourth-order valence-electron chi connectivity index (χ4n) is 2.75. The minimum atomic E-state index is -0.346. The van der Waals surface area contributed by atoms with Gasteiger partial charge in [-0.15, -0.1) is 0 Å². The van der Waals surface area contributed by atoms with Crippen molar-refractivity contribution in [3.05, 3.63) is 69.4 Å². The highest BCUT2D eigenvalue weighted by Gasteiger charge is 2.26. The molecule has 1 aliphatic rings. The smallest absolute Gasteiger partial charge is 0.158 e. The van der Waals surface area contributed by atoms with E-state index in [1.165, 1.54) is 11.6 Å². The van der Waals surface area contributed by atoms with Crippen molar-refractivity contribution >= 4 is 21.7 Å². The molecule has 2 nitrogen and oxygen atoms in total. The number of benzene rings is 2. The van der Waals surface area contributed by atoms with Crippen LogP contribution in [0.4, 0.5) is 4.39 Å². The molecule has 0 radical (unpaired) electrons. The molecule has 1 heterocycles. The van der Waals surface area contributed by atoms with Gasteiger partial charge in [0.25, 0.3) is 0 Å². The number of hydrogen-bond donors (Lipinski definition) is 1. The van der Waals surface area contributed by atoms with Gasteiger partial charge in [-0.3, -0.25) is 4.79 Å². The van der Waals surface area contributed by atoms with Gasteiger partial charge in [-0.05, 0) is 35.2 Å². The largest absolute Gasteiger partial charge is 0.303 e. The summed E-state index contributed by atoms with van der Waals surface area (Å²) in [5.41, 5.74) is 2.66. The lowest BCUT2D eigenvalue weighted by molar-refractivity contribution is -0.120. The van der Waals surface area contributed by atoms with Crippen LogP contribution in [0.5, 0.6) is 0 Å². The molecule has 0 spiro atoms. The first-order valence-electron chi connectivity index (χ1n) is 6.93. The Kier molecular flexibility index (Phi) is 4.17. The molecular weight excluding hydrogens is 333 g/mol. The lowest BCUT2D eigenvalue weighted by atomic mass is 9.90. The molecule has 0 amide bonds. The molecule has 21 heavy (non-hydrogen) atoms. The summed E-state index contributed by atoms with van der Waals surface area (Å²) in [6.07, 6.45) is 1.03. The summed E-state index contributed by atoms with van der Waals surface area (Å²) in [6, 6.07) is 12.4. The van der Waals surface area contributed by atoms with Gasteiger partial charge in [-0.25, -0.2) is 4.39 Å². The van der Waals surface area contributed by atoms with Crippen LogP contribution >= 0.6 is 15.9 Å². The average Bonchev–Trinajstić information content (AvgIpc) is 2.49. The predicted octanol–water partition coefficient (Wildman–Crippen LogP) is 3.59. The Morgan fingerprint density at radius 2 is 2.10 bits per heavy atom. The zero-order valence-corrected chi connectivity index (χ0v) is 13.0. The van der Waals surface area contributed by atoms with E-state index in [2.05, 4.69) is 27.3 Å². The number of nitrogens with one attached hydrogen (secondary N) is 1. The van der Waals surface area contributed by atoms with Crippen LogP contribution in [0.1, 0.15) is 22.7 Å². The van der Waals surface area contributed by atoms with Crippen LogP contribution in [0.15, 0.2) is 46.9 Å². The summed E-state index contributed by atoms with van der Waals surface area (Å²) < 4.78 is 14.5. The number of halogens is 2. The van der Waals surface area contributed by atoms with Gasteiger partial charge in [0.2, 0.25) is 0 Å². The topological polar surface area (TPSA) is 29.1 Å². The third-order valence-electron chi connectivity index (χ3n) is 3.81. The number of ketones is 1. The van der Waals surface area contributed by atoms with E-state index in [-0.39, 0.29) is 24.1 Å². The Balaban J connectivity index is 1.83. The van der Waals surface area contributed by atoms with E-state index >= 15 is 0 Å². The highest BCUT2D eigenvalue weighted by Crippen LogP contribution is 2.25. The van der Waals surface area contributed by atoms with Crippen molar-refractivity contribution in [3.63, 3.8) is 0 Å². The molecule has 0 saturated carbocycles. The van der Waals surface area contributed by atoms with Crippen molar-refractivity contribution in [1.82, 2.24) is 5.32 Å². The van der Waals surface area contributed by atoms with E-state index in [0.29, 0.717) is 10.0 Å². The van der Waals surface area contributed by atoms with Gasteiger partial charge in [-0.1, -0.05) is 46.3 Å². The van der Waals surface area contributed by atoms with Crippen LogP contribution in [0, 0.1) is 5.82 Å². The fourth-order valence-corrected chi connectivity index (χ4v) is 3.08. The maximum Gasteiger partial charge on any atom is 0.158 e. The Bertz CT molecular complexity index is 686. The van der Waals surface area contributed by atoms with E-state index in [0.717, 1.165) is 18.5 Å². The summed E-state index contributed by atoms with van der Waals surface area (Å²) in [4.78, 5) is 12.5. The molecule has 1 N–H and O–H groups in total. The number of rotatable bonds is 3. The zero-order valence-electron chi connectivity index (χ0n) is 11.4. The summed E-state index contributed by atoms with van der Waals surface area (Å²) in [5.74, 6) is -0.342. The van der Waals surface area contributed by atoms with Crippen molar-refractivity contribution in [3.8, 4) is 0 Å². The van der Waals surface area contributed by atoms with Gasteiger partial charge in [-0.2, -0.15) is 0 Å². The number of hydrogen-bond acceptors (Lipinski definition) is 2. The maximum absolute atomic E-state index is 13.9. The minimum absolute atomic E-state index is 0.00312. The lowest BCUT2D eigenvalue weighted by Crippen LogP contribution is -2.36. The monoisotopic (exact) mass is 347 g/mol. The quantitative estimate of drug-likeness (QED) is 0.919. The average molecular weight is 348 g/mol. The molecule has 0 aliphatic carbocycles. The molecule has 3 rings (SSSR count). The second-order valence-corrected chi connectivity index (χ2v) is 6.13. The first-order chi connectivity index (χ1) is 10.1. The lowest BCUT2D eigenvalue weighted by Gasteiger charge is -2.26. The Morgan fingerprint density at radius 1 is 1.29 bits per heavy atom. The predicted molar refractivity (Wildman–Crippen MR) is 83.7 cm³/mol. The van der Waals surface area contributed by atoms with Gasteiger partial charge in [0.15, 0.2) is 5.78 Å². The number of Topliss-reactive ketones (excluding diaryl/α,β-unsaturated/α-hetero) is 1. The van der Waals surface area contributed by atoms with Crippen LogP contribution in [-0.2, 0) is 17.6 Å². The molecule has 0 saturated heterocycles. The summed E-state index contributed by atoms with van der Waals surface area (Å²) in [6.45, 7) is 0.774. The fraction of sp³-hybridized carbons (Fsp3) is 0.235. The van der Waals surface area contributed by atoms with Crippen molar-refractivity contribution in [2.45, 2.75) is 18.9 Å². The number of carbonyl (C=O) groups excluding carboxylic acids is 1. The summed E-state index contributed by atoms with van der Waals surface area (Å²) in [7, 11) is 0. The molecule has 2 aromatic rings. The van der Waals surface area contributed by atoms with Gasteiger partial charge >= 0.3 is 0 Å². The van der Waals surface area contributed by atoms with Crippen LogP contribution in [0.2, 0.25) is 0 Å². The normalized spacial score (nSPS) is 17.3. The second kappa shape index (κ2) is 6.08. The molecule has 108 valence electrons. The van der Waals surface area contributed by atoms with E-state index in [9.17, 15) is 9.18 Å². The van der Waals surface area contributed by atoms with E-state index in [1.54, 1.807) is 12.1 Å². The third-order valence-corrected chi connectivity index (χ3v) is 4.30. The molecule has 1 atom stereocenters. The van der Waals surface area contributed by atoms with E-state index in [4.69, 9.17) is 0 Å². The van der Waals surface area contributed by atoms with Crippen molar-refractivity contribution in [1.29, 1.82) is 0 Å². The van der Waals surface area contributed by atoms with Gasteiger partial charge in [0.1, 0.15) is 5.82 Å². The molecular formula is C17H15BrFNO. The molecule has 2 aromatic carbocycles. The Labute approximate surface area is 131 Å². The van der Waals surface area contributed by atoms with Crippen molar-refractivity contribution in [2.75, 3.05) is 6.54 Å². The second-order valence-electron chi connectivity index (χ2n) is 5.21. The Morgan fingerprint density at radius 3 is 2.90 bits per heavy atom. The zero-order chi connectivity index (χ0) is 14.8. The molecule has 0 bridgehead atoms. The first-order valence-corrected chi connectivity index (χ1v) is 7.72. The van der Waals surface area contributed by atoms with Crippen LogP contribution < -0.4 is 5.32 Å². The standard InChI is InChI=1S/C17H15BrFNO/c18-13-6-5-12(15(19)10-13)9-16(21)17-14-4-2-1-3-11(14)7-8-20-17/h1-6,10,17,20H,7-9H2. The molecule has 0 aromatic heterocycles.